The van der Waals surface area contributed by atoms with E-state index in [4.69, 9.17) is 23.9 Å². The molecule has 0 aliphatic carbocycles. The Morgan fingerprint density at radius 3 is 2.67 bits per heavy atom. The summed E-state index contributed by atoms with van der Waals surface area (Å²) in [5.74, 6) is 1.89. The number of thioether (sulfide) groups is 1. The molecule has 1 saturated heterocycles. The molecule has 0 radical (unpaired) electrons. The van der Waals surface area contributed by atoms with Crippen molar-refractivity contribution < 1.29 is 28.5 Å². The molecular formula is C29H29N3O6S. The first-order chi connectivity index (χ1) is 18.8. The van der Waals surface area contributed by atoms with Gasteiger partial charge in [-0.1, -0.05) is 30.0 Å². The number of carbonyl (C=O) groups is 2. The predicted octanol–water partition coefficient (Wildman–Crippen LogP) is 5.21. The Morgan fingerprint density at radius 1 is 1.05 bits per heavy atom. The van der Waals surface area contributed by atoms with Crippen molar-refractivity contribution in [1.82, 2.24) is 4.90 Å². The van der Waals surface area contributed by atoms with Gasteiger partial charge in [-0.15, -0.1) is 0 Å². The highest BCUT2D eigenvalue weighted by Crippen LogP contribution is 2.37. The zero-order chi connectivity index (χ0) is 27.5. The summed E-state index contributed by atoms with van der Waals surface area (Å²) in [5, 5.41) is 2.76. The van der Waals surface area contributed by atoms with Crippen LogP contribution in [0.5, 0.6) is 23.0 Å². The first-order valence-corrected chi connectivity index (χ1v) is 13.3. The largest absolute Gasteiger partial charge is 0.497 e. The molecule has 39 heavy (non-hydrogen) atoms. The molecule has 0 bridgehead atoms. The van der Waals surface area contributed by atoms with Gasteiger partial charge in [0, 0.05) is 12.5 Å². The van der Waals surface area contributed by atoms with E-state index >= 15 is 0 Å². The monoisotopic (exact) mass is 547 g/mol. The summed E-state index contributed by atoms with van der Waals surface area (Å²) in [6, 6.07) is 16.8. The summed E-state index contributed by atoms with van der Waals surface area (Å²) >= 11 is 1.29. The standard InChI is InChI=1S/C29H29N3O6S/c1-17-5-6-18(2)21(11-17)31-29-32(15-19-7-9-24-25(12-19)38-16-37-24)28(34)26(39-29)14-27(33)30-22-13-20(35-3)8-10-23(22)36-4/h5-13,26H,14-16H2,1-4H3,(H,30,33). The van der Waals surface area contributed by atoms with Gasteiger partial charge in [-0.05, 0) is 60.9 Å². The van der Waals surface area contributed by atoms with Gasteiger partial charge in [0.1, 0.15) is 16.7 Å². The minimum absolute atomic E-state index is 0.0344. The third-order valence-electron chi connectivity index (χ3n) is 6.43. The van der Waals surface area contributed by atoms with E-state index in [1.54, 1.807) is 30.2 Å². The molecule has 5 rings (SSSR count). The average molecular weight is 548 g/mol. The number of nitrogens with one attached hydrogen (secondary N) is 1. The number of aliphatic imine (C=N–C) groups is 1. The van der Waals surface area contributed by atoms with Gasteiger partial charge in [0.05, 0.1) is 32.1 Å². The maximum absolute atomic E-state index is 13.7. The number of methoxy groups -OCH3 is 2. The fourth-order valence-corrected chi connectivity index (χ4v) is 5.47. The molecular weight excluding hydrogens is 518 g/mol. The Morgan fingerprint density at radius 2 is 1.87 bits per heavy atom. The van der Waals surface area contributed by atoms with E-state index in [0.717, 1.165) is 22.4 Å². The topological polar surface area (TPSA) is 98.7 Å². The molecule has 10 heteroatoms. The molecule has 202 valence electrons. The number of hydrogen-bond donors (Lipinski definition) is 1. The zero-order valence-corrected chi connectivity index (χ0v) is 23.0. The Balaban J connectivity index is 1.40. The van der Waals surface area contributed by atoms with Gasteiger partial charge in [0.2, 0.25) is 18.6 Å². The smallest absolute Gasteiger partial charge is 0.242 e. The minimum Gasteiger partial charge on any atom is -0.497 e. The molecule has 2 aliphatic heterocycles. The third kappa shape index (κ3) is 5.80. The maximum Gasteiger partial charge on any atom is 0.242 e. The van der Waals surface area contributed by atoms with E-state index in [2.05, 4.69) is 5.32 Å². The number of ether oxygens (including phenoxy) is 4. The predicted molar refractivity (Wildman–Crippen MR) is 150 cm³/mol. The number of hydrogen-bond acceptors (Lipinski definition) is 8. The maximum atomic E-state index is 13.7. The number of rotatable bonds is 8. The van der Waals surface area contributed by atoms with Crippen molar-refractivity contribution in [2.75, 3.05) is 26.3 Å². The summed E-state index contributed by atoms with van der Waals surface area (Å²) in [6.45, 7) is 4.44. The van der Waals surface area contributed by atoms with Gasteiger partial charge in [0.15, 0.2) is 16.7 Å². The number of amides is 2. The highest BCUT2D eigenvalue weighted by Gasteiger charge is 2.39. The number of anilines is 1. The van der Waals surface area contributed by atoms with Crippen LogP contribution in [-0.2, 0) is 16.1 Å². The first kappa shape index (κ1) is 26.4. The fourth-order valence-electron chi connectivity index (χ4n) is 4.32. The first-order valence-electron chi connectivity index (χ1n) is 12.4. The summed E-state index contributed by atoms with van der Waals surface area (Å²) in [7, 11) is 3.07. The lowest BCUT2D eigenvalue weighted by Gasteiger charge is -2.17. The van der Waals surface area contributed by atoms with Crippen molar-refractivity contribution in [1.29, 1.82) is 0 Å². The van der Waals surface area contributed by atoms with Gasteiger partial charge in [-0.3, -0.25) is 14.5 Å². The second-order valence-corrected chi connectivity index (χ2v) is 10.4. The zero-order valence-electron chi connectivity index (χ0n) is 22.1. The molecule has 2 aliphatic rings. The summed E-state index contributed by atoms with van der Waals surface area (Å²) in [5.41, 5.74) is 4.19. The number of nitrogens with zero attached hydrogens (tertiary/aromatic N) is 2. The molecule has 9 nitrogen and oxygen atoms in total. The Labute approximate surface area is 231 Å². The van der Waals surface area contributed by atoms with Crippen LogP contribution in [0.15, 0.2) is 59.6 Å². The number of amidine groups is 1. The molecule has 1 unspecified atom stereocenters. The molecule has 3 aromatic carbocycles. The number of fused-ring (bicyclic) bond motifs is 1. The average Bonchev–Trinajstić information content (AvgIpc) is 3.50. The van der Waals surface area contributed by atoms with Crippen molar-refractivity contribution in [3.63, 3.8) is 0 Å². The van der Waals surface area contributed by atoms with Gasteiger partial charge >= 0.3 is 0 Å². The van der Waals surface area contributed by atoms with E-state index < -0.39 is 5.25 Å². The van der Waals surface area contributed by atoms with E-state index in [1.165, 1.54) is 18.9 Å². The van der Waals surface area contributed by atoms with Crippen molar-refractivity contribution in [3.05, 3.63) is 71.3 Å². The fraction of sp³-hybridized carbons (Fsp3) is 0.276. The molecule has 0 saturated carbocycles. The lowest BCUT2D eigenvalue weighted by atomic mass is 10.1. The SMILES string of the molecule is COc1ccc(OC)c(NC(=O)CC2SC(=Nc3cc(C)ccc3C)N(Cc3ccc4c(c3)OCO4)C2=O)c1. The lowest BCUT2D eigenvalue weighted by Crippen LogP contribution is -2.33. The highest BCUT2D eigenvalue weighted by molar-refractivity contribution is 8.15. The van der Waals surface area contributed by atoms with E-state index in [0.29, 0.717) is 33.9 Å². The normalized spacial score (nSPS) is 17.0. The quantitative estimate of drug-likeness (QED) is 0.413. The van der Waals surface area contributed by atoms with Crippen LogP contribution in [0, 0.1) is 13.8 Å². The van der Waals surface area contributed by atoms with Gasteiger partial charge in [-0.2, -0.15) is 0 Å². The van der Waals surface area contributed by atoms with Crippen molar-refractivity contribution in [3.8, 4) is 23.0 Å². The van der Waals surface area contributed by atoms with Crippen molar-refractivity contribution in [2.24, 2.45) is 4.99 Å². The van der Waals surface area contributed by atoms with Gasteiger partial charge in [-0.25, -0.2) is 4.99 Å². The van der Waals surface area contributed by atoms with Gasteiger partial charge < -0.3 is 24.3 Å². The Bertz CT molecular complexity index is 1460. The third-order valence-corrected chi connectivity index (χ3v) is 7.61. The van der Waals surface area contributed by atoms with Crippen LogP contribution in [0.4, 0.5) is 11.4 Å². The second kappa shape index (κ2) is 11.3. The van der Waals surface area contributed by atoms with Crippen LogP contribution in [0.1, 0.15) is 23.1 Å². The van der Waals surface area contributed by atoms with Crippen LogP contribution in [-0.4, -0.2) is 48.1 Å². The van der Waals surface area contributed by atoms with E-state index in [9.17, 15) is 9.59 Å². The molecule has 1 N–H and O–H groups in total. The number of benzene rings is 3. The second-order valence-electron chi connectivity index (χ2n) is 9.22. The Kier molecular flexibility index (Phi) is 7.65. The number of aryl methyl sites for hydroxylation is 2. The van der Waals surface area contributed by atoms with Gasteiger partial charge in [0.25, 0.3) is 0 Å². The molecule has 2 heterocycles. The van der Waals surface area contributed by atoms with Crippen LogP contribution in [0.2, 0.25) is 0 Å². The molecule has 3 aromatic rings. The molecule has 1 atom stereocenters. The summed E-state index contributed by atoms with van der Waals surface area (Å²) in [6.07, 6.45) is -0.0344. The molecule has 0 spiro atoms. The highest BCUT2D eigenvalue weighted by atomic mass is 32.2. The molecule has 0 aromatic heterocycles. The van der Waals surface area contributed by atoms with Crippen molar-refractivity contribution >= 4 is 40.1 Å². The summed E-state index contributed by atoms with van der Waals surface area (Å²) < 4.78 is 21.6. The van der Waals surface area contributed by atoms with Crippen molar-refractivity contribution in [2.45, 2.75) is 32.1 Å². The molecule has 2 amide bonds. The number of carbonyl (C=O) groups excluding carboxylic acids is 2. The van der Waals surface area contributed by atoms with Crippen LogP contribution >= 0.6 is 11.8 Å². The van der Waals surface area contributed by atoms with Crippen LogP contribution in [0.3, 0.4) is 0 Å². The minimum atomic E-state index is -0.639. The van der Waals surface area contributed by atoms with Crippen LogP contribution in [0.25, 0.3) is 0 Å². The van der Waals surface area contributed by atoms with Crippen LogP contribution < -0.4 is 24.3 Å². The summed E-state index contributed by atoms with van der Waals surface area (Å²) in [4.78, 5) is 33.2. The Hall–Kier alpha value is -4.18. The van der Waals surface area contributed by atoms with E-state index in [-0.39, 0.29) is 31.6 Å². The lowest BCUT2D eigenvalue weighted by molar-refractivity contribution is -0.128. The van der Waals surface area contributed by atoms with E-state index in [1.807, 2.05) is 50.2 Å². The molecule has 1 fully saturated rings.